The molecule has 1 aromatic heterocycles. The van der Waals surface area contributed by atoms with Crippen LogP contribution in [-0.2, 0) is 4.79 Å². The number of amides is 1. The third-order valence-corrected chi connectivity index (χ3v) is 7.16. The predicted octanol–water partition coefficient (Wildman–Crippen LogP) is 4.78. The molecule has 0 spiro atoms. The van der Waals surface area contributed by atoms with Gasteiger partial charge in [0.05, 0.1) is 21.8 Å². The molecule has 1 atom stereocenters. The van der Waals surface area contributed by atoms with E-state index in [-0.39, 0.29) is 11.5 Å². The molecular weight excluding hydrogens is 529 g/mol. The number of benzene rings is 3. The van der Waals surface area contributed by atoms with Crippen molar-refractivity contribution >= 4 is 44.9 Å². The van der Waals surface area contributed by atoms with Crippen molar-refractivity contribution in [3.05, 3.63) is 131 Å². The number of para-hydroxylation sites is 1. The van der Waals surface area contributed by atoms with Crippen molar-refractivity contribution in [3.63, 3.8) is 0 Å². The number of rotatable bonds is 4. The number of nitrogens with zero attached hydrogens (tertiary/aromatic N) is 2. The minimum atomic E-state index is -0.748. The van der Waals surface area contributed by atoms with Crippen molar-refractivity contribution in [2.24, 2.45) is 4.99 Å². The molecule has 3 aromatic carbocycles. The second kappa shape index (κ2) is 9.56. The highest BCUT2D eigenvalue weighted by Crippen LogP contribution is 2.31. The van der Waals surface area contributed by atoms with Gasteiger partial charge in [0.1, 0.15) is 5.82 Å². The van der Waals surface area contributed by atoms with Crippen LogP contribution >= 0.6 is 27.3 Å². The molecule has 0 aliphatic carbocycles. The molecule has 35 heavy (non-hydrogen) atoms. The predicted molar refractivity (Wildman–Crippen MR) is 139 cm³/mol. The smallest absolute Gasteiger partial charge is 0.271 e. The van der Waals surface area contributed by atoms with Crippen LogP contribution in [0.3, 0.4) is 0 Å². The number of allylic oxidation sites excluding steroid dienone is 1. The highest BCUT2D eigenvalue weighted by atomic mass is 79.9. The van der Waals surface area contributed by atoms with Crippen LogP contribution in [0, 0.1) is 5.82 Å². The molecule has 8 heteroatoms. The van der Waals surface area contributed by atoms with Gasteiger partial charge in [-0.1, -0.05) is 69.7 Å². The lowest BCUT2D eigenvalue weighted by molar-refractivity contribution is -0.113. The monoisotopic (exact) mass is 547 g/mol. The van der Waals surface area contributed by atoms with Gasteiger partial charge < -0.3 is 5.32 Å². The number of halogens is 2. The van der Waals surface area contributed by atoms with Gasteiger partial charge in [-0.25, -0.2) is 9.38 Å². The number of carbonyl (C=O) groups excluding carboxylic acids is 1. The molecule has 4 aromatic rings. The largest absolute Gasteiger partial charge is 0.322 e. The summed E-state index contributed by atoms with van der Waals surface area (Å²) in [5, 5.41) is 2.90. The second-order valence-corrected chi connectivity index (χ2v) is 9.93. The van der Waals surface area contributed by atoms with Gasteiger partial charge in [0.2, 0.25) is 0 Å². The Hall–Kier alpha value is -3.62. The van der Waals surface area contributed by atoms with Crippen molar-refractivity contribution in [2.75, 3.05) is 5.32 Å². The molecule has 0 radical (unpaired) electrons. The highest BCUT2D eigenvalue weighted by molar-refractivity contribution is 9.10. The van der Waals surface area contributed by atoms with Crippen LogP contribution < -0.4 is 20.2 Å². The van der Waals surface area contributed by atoms with Gasteiger partial charge in [-0.05, 0) is 60.5 Å². The number of thiazole rings is 1. The summed E-state index contributed by atoms with van der Waals surface area (Å²) in [6.45, 7) is 1.75. The maximum atomic E-state index is 13.7. The fourth-order valence-electron chi connectivity index (χ4n) is 4.00. The van der Waals surface area contributed by atoms with Crippen LogP contribution in [0.4, 0.5) is 10.1 Å². The van der Waals surface area contributed by atoms with Gasteiger partial charge in [0, 0.05) is 10.2 Å². The minimum Gasteiger partial charge on any atom is -0.322 e. The van der Waals surface area contributed by atoms with Crippen molar-refractivity contribution in [2.45, 2.75) is 13.0 Å². The molecule has 2 heterocycles. The standard InChI is InChI=1S/C27H19BrFN3O2S/c1-16-23(25(33)31-21-5-3-2-4-6-21)24(18-9-13-20(29)14-10-18)32-26(34)22(35-27(32)30-16)15-17-7-11-19(28)12-8-17/h2-15,24H,1H3,(H,31,33)/b22-15-. The van der Waals surface area contributed by atoms with Crippen molar-refractivity contribution in [1.29, 1.82) is 0 Å². The zero-order valence-electron chi connectivity index (χ0n) is 18.5. The van der Waals surface area contributed by atoms with E-state index in [9.17, 15) is 14.0 Å². The van der Waals surface area contributed by atoms with Crippen molar-refractivity contribution in [3.8, 4) is 0 Å². The van der Waals surface area contributed by atoms with E-state index in [1.54, 1.807) is 37.3 Å². The van der Waals surface area contributed by atoms with Crippen molar-refractivity contribution in [1.82, 2.24) is 4.57 Å². The van der Waals surface area contributed by atoms with Gasteiger partial charge in [0.15, 0.2) is 4.80 Å². The van der Waals surface area contributed by atoms with E-state index in [0.29, 0.717) is 31.9 Å². The summed E-state index contributed by atoms with van der Waals surface area (Å²) in [4.78, 5) is 32.2. The number of fused-ring (bicyclic) bond motifs is 1. The molecule has 1 amide bonds. The number of anilines is 1. The van der Waals surface area contributed by atoms with Crippen LogP contribution in [0.5, 0.6) is 0 Å². The molecule has 1 N–H and O–H groups in total. The van der Waals surface area contributed by atoms with Crippen LogP contribution in [0.15, 0.2) is 104 Å². The van der Waals surface area contributed by atoms with E-state index >= 15 is 0 Å². The molecular formula is C27H19BrFN3O2S. The van der Waals surface area contributed by atoms with Gasteiger partial charge in [-0.2, -0.15) is 0 Å². The molecule has 0 bridgehead atoms. The number of carbonyl (C=O) groups is 1. The number of aromatic nitrogens is 1. The van der Waals surface area contributed by atoms with Crippen LogP contribution in [0.1, 0.15) is 24.1 Å². The Morgan fingerprint density at radius 1 is 1.06 bits per heavy atom. The molecule has 0 saturated carbocycles. The van der Waals surface area contributed by atoms with Gasteiger partial charge in [-0.15, -0.1) is 0 Å². The Bertz CT molecular complexity index is 1620. The maximum Gasteiger partial charge on any atom is 0.271 e. The average Bonchev–Trinajstić information content (AvgIpc) is 3.15. The first-order chi connectivity index (χ1) is 16.9. The molecule has 174 valence electrons. The molecule has 5 rings (SSSR count). The highest BCUT2D eigenvalue weighted by Gasteiger charge is 2.32. The Morgan fingerprint density at radius 3 is 2.43 bits per heavy atom. The molecule has 5 nitrogen and oxygen atoms in total. The van der Waals surface area contributed by atoms with Gasteiger partial charge in [-0.3, -0.25) is 14.2 Å². The zero-order valence-corrected chi connectivity index (χ0v) is 20.9. The molecule has 1 aliphatic rings. The second-order valence-electron chi connectivity index (χ2n) is 8.01. The molecule has 1 unspecified atom stereocenters. The lowest BCUT2D eigenvalue weighted by Crippen LogP contribution is -2.40. The van der Waals surface area contributed by atoms with Gasteiger partial charge >= 0.3 is 0 Å². The normalized spacial score (nSPS) is 15.5. The molecule has 0 saturated heterocycles. The Morgan fingerprint density at radius 2 is 1.74 bits per heavy atom. The lowest BCUT2D eigenvalue weighted by Gasteiger charge is -2.25. The van der Waals surface area contributed by atoms with E-state index in [0.717, 1.165) is 10.0 Å². The third kappa shape index (κ3) is 4.67. The minimum absolute atomic E-state index is 0.261. The number of nitrogens with one attached hydrogen (secondary N) is 1. The summed E-state index contributed by atoms with van der Waals surface area (Å²) in [7, 11) is 0. The van der Waals surface area contributed by atoms with Crippen molar-refractivity contribution < 1.29 is 9.18 Å². The SMILES string of the molecule is CC1=C(C(=O)Nc2ccccc2)C(c2ccc(F)cc2)n2c(s/c(=C\c3ccc(Br)cc3)c2=O)=N1. The summed E-state index contributed by atoms with van der Waals surface area (Å²) in [6.07, 6.45) is 1.81. The van der Waals surface area contributed by atoms with Crippen LogP contribution in [0.25, 0.3) is 6.08 Å². The average molecular weight is 548 g/mol. The van der Waals surface area contributed by atoms with E-state index in [4.69, 9.17) is 0 Å². The fraction of sp³-hybridized carbons (Fsp3) is 0.0741. The summed E-state index contributed by atoms with van der Waals surface area (Å²) in [5.41, 5.74) is 2.70. The van der Waals surface area contributed by atoms with E-state index < -0.39 is 11.9 Å². The quantitative estimate of drug-likeness (QED) is 0.399. The molecule has 0 fully saturated rings. The van der Waals surface area contributed by atoms with E-state index in [1.807, 2.05) is 42.5 Å². The van der Waals surface area contributed by atoms with E-state index in [2.05, 4.69) is 26.2 Å². The Kier molecular flexibility index (Phi) is 6.32. The van der Waals surface area contributed by atoms with Crippen LogP contribution in [-0.4, -0.2) is 10.5 Å². The topological polar surface area (TPSA) is 63.5 Å². The Balaban J connectivity index is 1.67. The maximum absolute atomic E-state index is 13.7. The number of hydrogen-bond donors (Lipinski definition) is 1. The van der Waals surface area contributed by atoms with E-state index in [1.165, 1.54) is 28.0 Å². The first kappa shape index (κ1) is 23.1. The molecule has 1 aliphatic heterocycles. The summed E-state index contributed by atoms with van der Waals surface area (Å²) < 4.78 is 16.7. The lowest BCUT2D eigenvalue weighted by atomic mass is 9.95. The fourth-order valence-corrected chi connectivity index (χ4v) is 5.31. The summed E-state index contributed by atoms with van der Waals surface area (Å²) in [6, 6.07) is 21.8. The third-order valence-electron chi connectivity index (χ3n) is 5.65. The summed E-state index contributed by atoms with van der Waals surface area (Å²) >= 11 is 4.68. The first-order valence-electron chi connectivity index (χ1n) is 10.8. The van der Waals surface area contributed by atoms with Gasteiger partial charge in [0.25, 0.3) is 11.5 Å². The number of hydrogen-bond acceptors (Lipinski definition) is 4. The first-order valence-corrected chi connectivity index (χ1v) is 12.4. The Labute approximate surface area is 212 Å². The van der Waals surface area contributed by atoms with Crippen LogP contribution in [0.2, 0.25) is 0 Å². The summed E-state index contributed by atoms with van der Waals surface area (Å²) in [5.74, 6) is -0.763. The zero-order chi connectivity index (χ0) is 24.5.